The number of hydrogen-bond donors (Lipinski definition) is 0. The van der Waals surface area contributed by atoms with Gasteiger partial charge in [0.15, 0.2) is 0 Å². The molecule has 0 bridgehead atoms. The number of halogens is 2. The molecule has 2 rings (SSSR count). The van der Waals surface area contributed by atoms with Crippen LogP contribution in [-0.2, 0) is 31.1 Å². The van der Waals surface area contributed by atoms with Crippen molar-refractivity contribution in [3.05, 3.63) is 52.1 Å². The average Bonchev–Trinajstić information content (AvgIpc) is 2.66. The second kappa shape index (κ2) is 6.18. The molecular weight excluding hydrogens is 279 g/mol. The summed E-state index contributed by atoms with van der Waals surface area (Å²) < 4.78 is 14.7. The minimum Gasteiger partial charge on any atom is -0.299 e. The Hall–Kier alpha value is -1.68. The van der Waals surface area contributed by atoms with Gasteiger partial charge in [-0.05, 0) is 24.1 Å². The highest BCUT2D eigenvalue weighted by Gasteiger charge is 2.16. The van der Waals surface area contributed by atoms with E-state index in [4.69, 9.17) is 11.6 Å². The molecule has 0 saturated heterocycles. The zero-order valence-corrected chi connectivity index (χ0v) is 12.2. The highest BCUT2D eigenvalue weighted by atomic mass is 35.5. The Morgan fingerprint density at radius 3 is 2.75 bits per heavy atom. The lowest BCUT2D eigenvalue weighted by Crippen LogP contribution is -2.10. The maximum absolute atomic E-state index is 13.1. The van der Waals surface area contributed by atoms with E-state index in [2.05, 4.69) is 5.10 Å². The molecular formula is C15H16ClFN2O. The second-order valence-corrected chi connectivity index (χ2v) is 5.08. The fraction of sp³-hybridized carbons (Fsp3) is 0.333. The molecule has 5 heteroatoms. The van der Waals surface area contributed by atoms with Gasteiger partial charge >= 0.3 is 0 Å². The monoisotopic (exact) mass is 294 g/mol. The highest BCUT2D eigenvalue weighted by molar-refractivity contribution is 6.32. The Morgan fingerprint density at radius 1 is 1.40 bits per heavy atom. The third-order valence-electron chi connectivity index (χ3n) is 3.16. The molecule has 0 unspecified atom stereocenters. The maximum atomic E-state index is 13.1. The number of carbonyl (C=O) groups excluding carboxylic acids is 1. The quantitative estimate of drug-likeness (QED) is 0.849. The van der Waals surface area contributed by atoms with Crippen molar-refractivity contribution in [1.82, 2.24) is 9.78 Å². The van der Waals surface area contributed by atoms with Crippen LogP contribution in [0.15, 0.2) is 24.3 Å². The topological polar surface area (TPSA) is 34.9 Å². The fourth-order valence-corrected chi connectivity index (χ4v) is 2.50. The number of aromatic nitrogens is 2. The van der Waals surface area contributed by atoms with Gasteiger partial charge < -0.3 is 0 Å². The van der Waals surface area contributed by atoms with E-state index in [0.717, 1.165) is 12.1 Å². The van der Waals surface area contributed by atoms with Crippen LogP contribution in [0.2, 0.25) is 5.02 Å². The maximum Gasteiger partial charge on any atom is 0.143 e. The van der Waals surface area contributed by atoms with Crippen LogP contribution < -0.4 is 0 Å². The van der Waals surface area contributed by atoms with Crippen molar-refractivity contribution in [2.75, 3.05) is 0 Å². The fourth-order valence-electron chi connectivity index (χ4n) is 2.14. The predicted octanol–water partition coefficient (Wildman–Crippen LogP) is 3.13. The number of nitrogens with zero attached hydrogens (tertiary/aromatic N) is 2. The van der Waals surface area contributed by atoms with Gasteiger partial charge in [-0.25, -0.2) is 4.39 Å². The summed E-state index contributed by atoms with van der Waals surface area (Å²) in [6.45, 7) is 1.96. The molecule has 106 valence electrons. The molecule has 2 aromatic rings. The molecule has 0 saturated carbocycles. The van der Waals surface area contributed by atoms with Gasteiger partial charge in [0.2, 0.25) is 0 Å². The molecule has 0 aliphatic rings. The van der Waals surface area contributed by atoms with Crippen molar-refractivity contribution in [2.24, 2.45) is 7.05 Å². The van der Waals surface area contributed by atoms with Crippen LogP contribution in [-0.4, -0.2) is 15.6 Å². The Kier molecular flexibility index (Phi) is 4.55. The van der Waals surface area contributed by atoms with Gasteiger partial charge in [0.1, 0.15) is 11.6 Å². The van der Waals surface area contributed by atoms with Gasteiger partial charge in [0.05, 0.1) is 22.8 Å². The van der Waals surface area contributed by atoms with Crippen molar-refractivity contribution in [3.63, 3.8) is 0 Å². The largest absolute Gasteiger partial charge is 0.299 e. The number of aryl methyl sites for hydroxylation is 2. The number of hydrogen-bond acceptors (Lipinski definition) is 2. The molecule has 0 radical (unpaired) electrons. The number of carbonyl (C=O) groups is 1. The van der Waals surface area contributed by atoms with E-state index in [1.165, 1.54) is 12.1 Å². The summed E-state index contributed by atoms with van der Waals surface area (Å²) in [5.41, 5.74) is 2.18. The van der Waals surface area contributed by atoms with Crippen LogP contribution in [0.1, 0.15) is 23.9 Å². The molecule has 0 N–H and O–H groups in total. The van der Waals surface area contributed by atoms with E-state index in [-0.39, 0.29) is 24.4 Å². The Labute approximate surface area is 122 Å². The van der Waals surface area contributed by atoms with E-state index in [1.54, 1.807) is 23.9 Å². The van der Waals surface area contributed by atoms with Crippen molar-refractivity contribution in [1.29, 1.82) is 0 Å². The zero-order chi connectivity index (χ0) is 14.7. The summed E-state index contributed by atoms with van der Waals surface area (Å²) in [6.07, 6.45) is 1.13. The first kappa shape index (κ1) is 14.7. The molecule has 1 aromatic carbocycles. The van der Waals surface area contributed by atoms with Gasteiger partial charge in [0.25, 0.3) is 0 Å². The number of rotatable bonds is 5. The first-order chi connectivity index (χ1) is 9.51. The highest BCUT2D eigenvalue weighted by Crippen LogP contribution is 2.21. The van der Waals surface area contributed by atoms with Gasteiger partial charge in [-0.3, -0.25) is 9.48 Å². The minimum absolute atomic E-state index is 0.0110. The van der Waals surface area contributed by atoms with Crippen LogP contribution in [0, 0.1) is 5.82 Å². The van der Waals surface area contributed by atoms with Gasteiger partial charge in [-0.15, -0.1) is 0 Å². The van der Waals surface area contributed by atoms with Gasteiger partial charge in [-0.1, -0.05) is 30.7 Å². The van der Waals surface area contributed by atoms with Crippen LogP contribution in [0.4, 0.5) is 4.39 Å². The van der Waals surface area contributed by atoms with Crippen LogP contribution >= 0.6 is 11.6 Å². The standard InChI is InChI=1S/C15H16ClFN2O/c1-3-13-15(16)14(19(2)18-13)9-12(20)8-10-5-4-6-11(17)7-10/h4-7H,3,8-9H2,1-2H3. The van der Waals surface area contributed by atoms with Crippen molar-refractivity contribution in [2.45, 2.75) is 26.2 Å². The SMILES string of the molecule is CCc1nn(C)c(CC(=O)Cc2cccc(F)c2)c1Cl. The van der Waals surface area contributed by atoms with E-state index in [9.17, 15) is 9.18 Å². The number of benzene rings is 1. The summed E-state index contributed by atoms with van der Waals surface area (Å²) in [7, 11) is 1.77. The molecule has 0 aliphatic carbocycles. The van der Waals surface area contributed by atoms with Crippen LogP contribution in [0.5, 0.6) is 0 Å². The lowest BCUT2D eigenvalue weighted by atomic mass is 10.1. The Morgan fingerprint density at radius 2 is 2.15 bits per heavy atom. The van der Waals surface area contributed by atoms with Crippen LogP contribution in [0.3, 0.4) is 0 Å². The van der Waals surface area contributed by atoms with Crippen molar-refractivity contribution >= 4 is 17.4 Å². The molecule has 0 spiro atoms. The molecule has 20 heavy (non-hydrogen) atoms. The molecule has 0 aliphatic heterocycles. The van der Waals surface area contributed by atoms with Crippen LogP contribution in [0.25, 0.3) is 0 Å². The average molecular weight is 295 g/mol. The summed E-state index contributed by atoms with van der Waals surface area (Å²) in [6, 6.07) is 6.08. The Balaban J connectivity index is 2.10. The van der Waals surface area contributed by atoms with E-state index in [0.29, 0.717) is 16.3 Å². The van der Waals surface area contributed by atoms with E-state index in [1.807, 2.05) is 6.92 Å². The lowest BCUT2D eigenvalue weighted by molar-refractivity contribution is -0.117. The summed E-state index contributed by atoms with van der Waals surface area (Å²) in [5, 5.41) is 4.83. The lowest BCUT2D eigenvalue weighted by Gasteiger charge is -2.03. The first-order valence-electron chi connectivity index (χ1n) is 6.47. The molecule has 1 heterocycles. The molecule has 0 atom stereocenters. The van der Waals surface area contributed by atoms with Gasteiger partial charge in [-0.2, -0.15) is 5.10 Å². The molecule has 1 aromatic heterocycles. The molecule has 0 fully saturated rings. The van der Waals surface area contributed by atoms with Crippen molar-refractivity contribution in [3.8, 4) is 0 Å². The summed E-state index contributed by atoms with van der Waals surface area (Å²) >= 11 is 6.21. The zero-order valence-electron chi connectivity index (χ0n) is 11.5. The van der Waals surface area contributed by atoms with Gasteiger partial charge in [0, 0.05) is 13.5 Å². The molecule has 0 amide bonds. The van der Waals surface area contributed by atoms with Crippen molar-refractivity contribution < 1.29 is 9.18 Å². The summed E-state index contributed by atoms with van der Waals surface area (Å²) in [5.74, 6) is -0.342. The van der Waals surface area contributed by atoms with E-state index < -0.39 is 0 Å². The molecule has 3 nitrogen and oxygen atoms in total. The third-order valence-corrected chi connectivity index (χ3v) is 3.59. The third kappa shape index (κ3) is 3.25. The first-order valence-corrected chi connectivity index (χ1v) is 6.85. The smallest absolute Gasteiger partial charge is 0.143 e. The number of ketones is 1. The van der Waals surface area contributed by atoms with E-state index >= 15 is 0 Å². The second-order valence-electron chi connectivity index (χ2n) is 4.71. The summed E-state index contributed by atoms with van der Waals surface area (Å²) in [4.78, 5) is 12.1. The predicted molar refractivity (Wildman–Crippen MR) is 76.4 cm³/mol. The normalized spacial score (nSPS) is 10.8. The minimum atomic E-state index is -0.331. The number of Topliss-reactive ketones (excluding diaryl/α,β-unsaturated/α-hetero) is 1. The Bertz CT molecular complexity index is 637.